The highest BCUT2D eigenvalue weighted by atomic mass is 16.3. The van der Waals surface area contributed by atoms with Crippen LogP contribution in [0.5, 0.6) is 0 Å². The number of hydrogen-bond acceptors (Lipinski definition) is 4. The number of nitrogens with zero attached hydrogens (tertiary/aromatic N) is 1. The lowest BCUT2D eigenvalue weighted by atomic mass is 10.2. The van der Waals surface area contributed by atoms with Gasteiger partial charge in [0.1, 0.15) is 6.04 Å². The number of anilines is 2. The Balaban J connectivity index is 1.68. The lowest BCUT2D eigenvalue weighted by Gasteiger charge is -2.21. The van der Waals surface area contributed by atoms with Gasteiger partial charge in [-0.2, -0.15) is 0 Å². The molecule has 0 aliphatic carbocycles. The van der Waals surface area contributed by atoms with Crippen molar-refractivity contribution in [2.24, 2.45) is 0 Å². The molecule has 2 N–H and O–H groups in total. The fourth-order valence-corrected chi connectivity index (χ4v) is 2.70. The average molecular weight is 341 g/mol. The third-order valence-electron chi connectivity index (χ3n) is 4.01. The first-order valence-corrected chi connectivity index (χ1v) is 8.11. The van der Waals surface area contributed by atoms with Gasteiger partial charge in [0, 0.05) is 13.0 Å². The van der Waals surface area contributed by atoms with Crippen LogP contribution in [-0.2, 0) is 9.59 Å². The fraction of sp³-hybridized carbons (Fsp3) is 0.278. The first-order chi connectivity index (χ1) is 12.1. The average Bonchev–Trinajstić information content (AvgIpc) is 3.27. The number of carbonyl (C=O) groups excluding carboxylic acids is 3. The van der Waals surface area contributed by atoms with Crippen LogP contribution in [0.15, 0.2) is 47.1 Å². The van der Waals surface area contributed by atoms with Gasteiger partial charge in [-0.3, -0.25) is 14.4 Å². The molecular weight excluding hydrogens is 322 g/mol. The second kappa shape index (κ2) is 7.21. The van der Waals surface area contributed by atoms with E-state index in [-0.39, 0.29) is 17.6 Å². The zero-order valence-electron chi connectivity index (χ0n) is 13.8. The normalized spacial score (nSPS) is 15.1. The van der Waals surface area contributed by atoms with E-state index in [2.05, 4.69) is 10.6 Å². The minimum absolute atomic E-state index is 0.0425. The van der Waals surface area contributed by atoms with Crippen LogP contribution in [0.2, 0.25) is 0 Å². The minimum Gasteiger partial charge on any atom is -0.459 e. The number of nitrogens with one attached hydrogen (secondary N) is 2. The molecule has 2 heterocycles. The maximum absolute atomic E-state index is 12.4. The van der Waals surface area contributed by atoms with Crippen LogP contribution in [0, 0.1) is 0 Å². The Morgan fingerprint density at radius 1 is 1.20 bits per heavy atom. The molecule has 1 fully saturated rings. The Labute approximate surface area is 145 Å². The fourth-order valence-electron chi connectivity index (χ4n) is 2.70. The second-order valence-corrected chi connectivity index (χ2v) is 5.83. The van der Waals surface area contributed by atoms with Gasteiger partial charge in [0.25, 0.3) is 5.91 Å². The molecule has 1 aromatic carbocycles. The molecular formula is C18H19N3O4. The highest BCUT2D eigenvalue weighted by Crippen LogP contribution is 2.29. The zero-order chi connectivity index (χ0) is 17.8. The maximum Gasteiger partial charge on any atom is 0.287 e. The number of para-hydroxylation sites is 2. The van der Waals surface area contributed by atoms with Crippen molar-refractivity contribution in [3.63, 3.8) is 0 Å². The Kier molecular flexibility index (Phi) is 4.83. The van der Waals surface area contributed by atoms with Crippen molar-refractivity contribution in [2.45, 2.75) is 25.8 Å². The van der Waals surface area contributed by atoms with Crippen molar-refractivity contribution in [2.75, 3.05) is 16.8 Å². The van der Waals surface area contributed by atoms with Crippen molar-refractivity contribution < 1.29 is 18.8 Å². The van der Waals surface area contributed by atoms with Crippen molar-refractivity contribution in [3.05, 3.63) is 48.4 Å². The standard InChI is InChI=1S/C18H19N3O4/c1-12(19-18(24)15-8-5-11-25-15)17(23)20-13-6-2-3-7-14(13)21-10-4-9-16(21)22/h2-3,5-8,11-12H,4,9-10H2,1H3,(H,19,24)(H,20,23)/t12-/m0/s1. The molecule has 1 saturated heterocycles. The van der Waals surface area contributed by atoms with Gasteiger partial charge in [0.2, 0.25) is 11.8 Å². The Bertz CT molecular complexity index is 785. The minimum atomic E-state index is -0.764. The molecule has 3 rings (SSSR count). The summed E-state index contributed by atoms with van der Waals surface area (Å²) in [6, 6.07) is 9.49. The van der Waals surface area contributed by atoms with E-state index in [0.717, 1.165) is 6.42 Å². The molecule has 1 atom stereocenters. The third kappa shape index (κ3) is 3.71. The van der Waals surface area contributed by atoms with Crippen molar-refractivity contribution >= 4 is 29.1 Å². The Hall–Kier alpha value is -3.09. The van der Waals surface area contributed by atoms with Crippen LogP contribution in [-0.4, -0.2) is 30.3 Å². The van der Waals surface area contributed by atoms with E-state index < -0.39 is 11.9 Å². The monoisotopic (exact) mass is 341 g/mol. The summed E-state index contributed by atoms with van der Waals surface area (Å²) >= 11 is 0. The summed E-state index contributed by atoms with van der Waals surface area (Å²) in [6.45, 7) is 2.22. The molecule has 7 nitrogen and oxygen atoms in total. The van der Waals surface area contributed by atoms with E-state index in [9.17, 15) is 14.4 Å². The van der Waals surface area contributed by atoms with Crippen LogP contribution in [0.1, 0.15) is 30.3 Å². The molecule has 2 aromatic rings. The highest BCUT2D eigenvalue weighted by molar-refractivity contribution is 6.04. The number of benzene rings is 1. The summed E-state index contributed by atoms with van der Waals surface area (Å²) < 4.78 is 5.00. The van der Waals surface area contributed by atoms with Gasteiger partial charge < -0.3 is 20.0 Å². The summed E-state index contributed by atoms with van der Waals surface area (Å²) in [5.41, 5.74) is 1.21. The molecule has 0 unspecified atom stereocenters. The number of amides is 3. The molecule has 3 amide bonds. The first-order valence-electron chi connectivity index (χ1n) is 8.11. The van der Waals surface area contributed by atoms with Gasteiger partial charge in [-0.15, -0.1) is 0 Å². The molecule has 1 aliphatic rings. The SMILES string of the molecule is C[C@H](NC(=O)c1ccco1)C(=O)Nc1ccccc1N1CCCC1=O. The lowest BCUT2D eigenvalue weighted by molar-refractivity contribution is -0.118. The molecule has 0 radical (unpaired) electrons. The first kappa shape index (κ1) is 16.8. The van der Waals surface area contributed by atoms with Crippen molar-refractivity contribution in [1.82, 2.24) is 5.32 Å². The van der Waals surface area contributed by atoms with Gasteiger partial charge >= 0.3 is 0 Å². The number of rotatable bonds is 5. The largest absolute Gasteiger partial charge is 0.459 e. The molecule has 0 spiro atoms. The van der Waals surface area contributed by atoms with Gasteiger partial charge in [-0.25, -0.2) is 0 Å². The van der Waals surface area contributed by atoms with Gasteiger partial charge in [-0.05, 0) is 37.6 Å². The molecule has 1 aromatic heterocycles. The van der Waals surface area contributed by atoms with E-state index in [1.54, 1.807) is 36.1 Å². The maximum atomic E-state index is 12.4. The number of hydrogen-bond donors (Lipinski definition) is 2. The molecule has 7 heteroatoms. The predicted molar refractivity (Wildman–Crippen MR) is 92.3 cm³/mol. The Morgan fingerprint density at radius 3 is 2.68 bits per heavy atom. The van der Waals surface area contributed by atoms with Crippen molar-refractivity contribution in [1.29, 1.82) is 0 Å². The van der Waals surface area contributed by atoms with Crippen molar-refractivity contribution in [3.8, 4) is 0 Å². The van der Waals surface area contributed by atoms with Crippen LogP contribution in [0.25, 0.3) is 0 Å². The molecule has 0 saturated carbocycles. The van der Waals surface area contributed by atoms with Crippen LogP contribution < -0.4 is 15.5 Å². The van der Waals surface area contributed by atoms with Gasteiger partial charge in [-0.1, -0.05) is 12.1 Å². The summed E-state index contributed by atoms with van der Waals surface area (Å²) in [7, 11) is 0. The lowest BCUT2D eigenvalue weighted by Crippen LogP contribution is -2.41. The molecule has 130 valence electrons. The summed E-state index contributed by atoms with van der Waals surface area (Å²) in [5, 5.41) is 5.36. The van der Waals surface area contributed by atoms with Crippen LogP contribution in [0.3, 0.4) is 0 Å². The number of furan rings is 1. The second-order valence-electron chi connectivity index (χ2n) is 5.83. The van der Waals surface area contributed by atoms with E-state index in [4.69, 9.17) is 4.42 Å². The molecule has 25 heavy (non-hydrogen) atoms. The topological polar surface area (TPSA) is 91.7 Å². The quantitative estimate of drug-likeness (QED) is 0.872. The summed E-state index contributed by atoms with van der Waals surface area (Å²) in [4.78, 5) is 38.0. The third-order valence-corrected chi connectivity index (χ3v) is 4.01. The predicted octanol–water partition coefficient (Wildman–Crippen LogP) is 2.16. The Morgan fingerprint density at radius 2 is 2.00 bits per heavy atom. The van der Waals surface area contributed by atoms with Gasteiger partial charge in [0.15, 0.2) is 5.76 Å². The summed E-state index contributed by atoms with van der Waals surface area (Å²) in [6.07, 6.45) is 2.71. The number of carbonyl (C=O) groups is 3. The summed E-state index contributed by atoms with van der Waals surface area (Å²) in [5.74, 6) is -0.654. The van der Waals surface area contributed by atoms with E-state index >= 15 is 0 Å². The highest BCUT2D eigenvalue weighted by Gasteiger charge is 2.25. The van der Waals surface area contributed by atoms with E-state index in [0.29, 0.717) is 24.3 Å². The molecule has 1 aliphatic heterocycles. The van der Waals surface area contributed by atoms with E-state index in [1.165, 1.54) is 12.3 Å². The molecule has 0 bridgehead atoms. The van der Waals surface area contributed by atoms with E-state index in [1.807, 2.05) is 6.07 Å². The van der Waals surface area contributed by atoms with Crippen LogP contribution in [0.4, 0.5) is 11.4 Å². The van der Waals surface area contributed by atoms with Crippen LogP contribution >= 0.6 is 0 Å². The zero-order valence-corrected chi connectivity index (χ0v) is 13.8. The van der Waals surface area contributed by atoms with Gasteiger partial charge in [0.05, 0.1) is 17.6 Å². The smallest absolute Gasteiger partial charge is 0.287 e.